The van der Waals surface area contributed by atoms with E-state index in [0.717, 1.165) is 49.9 Å². The van der Waals surface area contributed by atoms with Crippen LogP contribution in [0.5, 0.6) is 0 Å². The summed E-state index contributed by atoms with van der Waals surface area (Å²) in [6.07, 6.45) is 1.40. The number of carbonyl (C=O) groups excluding carboxylic acids is 1. The minimum Gasteiger partial charge on any atom is -0.459 e. The van der Waals surface area contributed by atoms with Crippen molar-refractivity contribution in [2.24, 2.45) is 0 Å². The first-order valence-electron chi connectivity index (χ1n) is 10.9. The Labute approximate surface area is 195 Å². The molecule has 5 nitrogen and oxygen atoms in total. The zero-order chi connectivity index (χ0) is 22.6. The van der Waals surface area contributed by atoms with Crippen molar-refractivity contribution in [3.63, 3.8) is 0 Å². The molecule has 5 rings (SSSR count). The summed E-state index contributed by atoms with van der Waals surface area (Å²) in [7, 11) is 0. The van der Waals surface area contributed by atoms with Crippen LogP contribution in [0.15, 0.2) is 53.0 Å². The number of halogens is 1. The number of para-hydroxylation sites is 1. The van der Waals surface area contributed by atoms with Crippen molar-refractivity contribution in [2.75, 3.05) is 0 Å². The highest BCUT2D eigenvalue weighted by Crippen LogP contribution is 2.41. The number of rotatable bonds is 2. The smallest absolute Gasteiger partial charge is 0.314 e. The summed E-state index contributed by atoms with van der Waals surface area (Å²) in [5.74, 6) is 0.378. The van der Waals surface area contributed by atoms with Crippen molar-refractivity contribution in [3.8, 4) is 0 Å². The lowest BCUT2D eigenvalue weighted by atomic mass is 9.81. The molecular weight excluding hydrogens is 466 g/mol. The van der Waals surface area contributed by atoms with Gasteiger partial charge in [0.2, 0.25) is 0 Å². The Kier molecular flexibility index (Phi) is 5.08. The molecule has 32 heavy (non-hydrogen) atoms. The molecule has 1 aliphatic rings. The molecule has 164 valence electrons. The van der Waals surface area contributed by atoms with Crippen molar-refractivity contribution < 1.29 is 9.53 Å². The number of aromatic nitrogens is 3. The first kappa shape index (κ1) is 21.1. The van der Waals surface area contributed by atoms with Crippen LogP contribution in [0.3, 0.4) is 0 Å². The monoisotopic (exact) mass is 491 g/mol. The molecule has 6 heteroatoms. The van der Waals surface area contributed by atoms with Crippen LogP contribution in [-0.4, -0.2) is 26.1 Å². The van der Waals surface area contributed by atoms with Gasteiger partial charge < -0.3 is 9.30 Å². The van der Waals surface area contributed by atoms with Crippen LogP contribution in [0.4, 0.5) is 0 Å². The Morgan fingerprint density at radius 2 is 1.88 bits per heavy atom. The van der Waals surface area contributed by atoms with Crippen molar-refractivity contribution >= 4 is 43.8 Å². The lowest BCUT2D eigenvalue weighted by molar-refractivity contribution is -0.157. The van der Waals surface area contributed by atoms with Crippen molar-refractivity contribution in [3.05, 3.63) is 70.1 Å². The summed E-state index contributed by atoms with van der Waals surface area (Å²) < 4.78 is 9.12. The molecule has 0 N–H and O–H groups in total. The highest BCUT2D eigenvalue weighted by atomic mass is 79.9. The standard InChI is InChI=1S/C26H26BrN3O2/c1-15-28-22-10-9-17(27)12-24(22)30(15)18-13-20(25(31)32-26(2,3)4)19-11-16-7-5-6-8-21(16)29-23(19)14-18/h5-12,18,20H,13-14H2,1-4H3. The van der Waals surface area contributed by atoms with Crippen LogP contribution in [-0.2, 0) is 16.0 Å². The largest absolute Gasteiger partial charge is 0.459 e. The fourth-order valence-electron chi connectivity index (χ4n) is 4.78. The van der Waals surface area contributed by atoms with Crippen molar-refractivity contribution in [1.29, 1.82) is 0 Å². The Balaban J connectivity index is 1.65. The van der Waals surface area contributed by atoms with Gasteiger partial charge in [-0.2, -0.15) is 0 Å². The maximum Gasteiger partial charge on any atom is 0.314 e. The molecule has 0 fully saturated rings. The van der Waals surface area contributed by atoms with Crippen LogP contribution >= 0.6 is 15.9 Å². The molecule has 2 atom stereocenters. The van der Waals surface area contributed by atoms with E-state index in [0.29, 0.717) is 6.42 Å². The highest BCUT2D eigenvalue weighted by molar-refractivity contribution is 9.10. The number of imidazole rings is 1. The van der Waals surface area contributed by atoms with Gasteiger partial charge in [0, 0.05) is 28.0 Å². The SMILES string of the molecule is Cc1nc2ccc(Br)cc2n1C1Cc2nc3ccccc3cc2C(C(=O)OC(C)(C)C)C1. The third kappa shape index (κ3) is 3.81. The number of benzene rings is 2. The number of nitrogens with zero attached hydrogens (tertiary/aromatic N) is 3. The Morgan fingerprint density at radius 1 is 1.09 bits per heavy atom. The van der Waals surface area contributed by atoms with Gasteiger partial charge >= 0.3 is 5.97 Å². The van der Waals surface area contributed by atoms with Gasteiger partial charge in [-0.15, -0.1) is 0 Å². The molecule has 4 aromatic rings. The molecule has 2 aromatic heterocycles. The maximum absolute atomic E-state index is 13.3. The summed E-state index contributed by atoms with van der Waals surface area (Å²) in [5.41, 5.74) is 4.37. The lowest BCUT2D eigenvalue weighted by Crippen LogP contribution is -2.33. The average molecular weight is 492 g/mol. The number of fused-ring (bicyclic) bond motifs is 3. The van der Waals surface area contributed by atoms with Gasteiger partial charge in [-0.25, -0.2) is 4.98 Å². The molecule has 0 bridgehead atoms. The van der Waals surface area contributed by atoms with E-state index in [-0.39, 0.29) is 17.9 Å². The zero-order valence-electron chi connectivity index (χ0n) is 18.7. The van der Waals surface area contributed by atoms with Gasteiger partial charge in [0.25, 0.3) is 0 Å². The van der Waals surface area contributed by atoms with Crippen LogP contribution < -0.4 is 0 Å². The molecule has 1 aliphatic carbocycles. The fourth-order valence-corrected chi connectivity index (χ4v) is 5.13. The Morgan fingerprint density at radius 3 is 2.66 bits per heavy atom. The van der Waals surface area contributed by atoms with Crippen molar-refractivity contribution in [2.45, 2.75) is 58.1 Å². The van der Waals surface area contributed by atoms with Crippen LogP contribution in [0, 0.1) is 6.92 Å². The zero-order valence-corrected chi connectivity index (χ0v) is 20.3. The second-order valence-electron chi connectivity index (χ2n) is 9.56. The maximum atomic E-state index is 13.3. The molecule has 2 unspecified atom stereocenters. The van der Waals surface area contributed by atoms with Gasteiger partial charge in [0.05, 0.1) is 22.5 Å². The predicted molar refractivity (Wildman–Crippen MR) is 130 cm³/mol. The van der Waals surface area contributed by atoms with Crippen LogP contribution in [0.2, 0.25) is 0 Å². The van der Waals surface area contributed by atoms with E-state index in [1.807, 2.05) is 64.1 Å². The first-order chi connectivity index (χ1) is 15.2. The minimum absolute atomic E-state index is 0.0629. The Hall–Kier alpha value is -2.73. The number of aryl methyl sites for hydroxylation is 1. The molecule has 0 spiro atoms. The molecule has 0 saturated heterocycles. The summed E-state index contributed by atoms with van der Waals surface area (Å²) in [6, 6.07) is 16.4. The summed E-state index contributed by atoms with van der Waals surface area (Å²) in [6.45, 7) is 7.77. The average Bonchev–Trinajstić information content (AvgIpc) is 3.05. The van der Waals surface area contributed by atoms with Gasteiger partial charge in [-0.3, -0.25) is 9.78 Å². The molecule has 2 heterocycles. The second kappa shape index (κ2) is 7.69. The van der Waals surface area contributed by atoms with E-state index in [1.54, 1.807) is 0 Å². The van der Waals surface area contributed by atoms with Crippen molar-refractivity contribution in [1.82, 2.24) is 14.5 Å². The minimum atomic E-state index is -0.545. The fraction of sp³-hybridized carbons (Fsp3) is 0.346. The molecule has 0 saturated carbocycles. The van der Waals surface area contributed by atoms with Gasteiger partial charge in [-0.1, -0.05) is 34.1 Å². The second-order valence-corrected chi connectivity index (χ2v) is 10.5. The summed E-state index contributed by atoms with van der Waals surface area (Å²) in [5, 5.41) is 1.05. The van der Waals surface area contributed by atoms with Crippen LogP contribution in [0.1, 0.15) is 56.2 Å². The molecule has 0 aliphatic heterocycles. The Bertz CT molecular complexity index is 1350. The number of hydrogen-bond donors (Lipinski definition) is 0. The molecule has 2 aromatic carbocycles. The molecule has 0 radical (unpaired) electrons. The van der Waals surface area contributed by atoms with Crippen LogP contribution in [0.25, 0.3) is 21.9 Å². The van der Waals surface area contributed by atoms with E-state index in [9.17, 15) is 4.79 Å². The number of ether oxygens (including phenoxy) is 1. The quantitative estimate of drug-likeness (QED) is 0.310. The third-order valence-electron chi connectivity index (χ3n) is 6.03. The summed E-state index contributed by atoms with van der Waals surface area (Å²) in [4.78, 5) is 23.1. The first-order valence-corrected chi connectivity index (χ1v) is 11.7. The lowest BCUT2D eigenvalue weighted by Gasteiger charge is -2.33. The van der Waals surface area contributed by atoms with E-state index in [2.05, 4.69) is 32.6 Å². The van der Waals surface area contributed by atoms with Gasteiger partial charge in [0.15, 0.2) is 0 Å². The number of hydrogen-bond acceptors (Lipinski definition) is 4. The van der Waals surface area contributed by atoms with E-state index < -0.39 is 5.60 Å². The number of pyridine rings is 1. The predicted octanol–water partition coefficient (Wildman–Crippen LogP) is 6.27. The van der Waals surface area contributed by atoms with E-state index in [4.69, 9.17) is 14.7 Å². The molecular formula is C26H26BrN3O2. The van der Waals surface area contributed by atoms with Gasteiger partial charge in [-0.05, 0) is 70.0 Å². The molecule has 0 amide bonds. The normalized spacial score (nSPS) is 18.7. The highest BCUT2D eigenvalue weighted by Gasteiger charge is 2.37. The van der Waals surface area contributed by atoms with Gasteiger partial charge in [0.1, 0.15) is 11.4 Å². The number of carbonyl (C=O) groups is 1. The van der Waals surface area contributed by atoms with E-state index >= 15 is 0 Å². The topological polar surface area (TPSA) is 57.0 Å². The summed E-state index contributed by atoms with van der Waals surface area (Å²) >= 11 is 3.59. The van der Waals surface area contributed by atoms with E-state index in [1.165, 1.54) is 0 Å². The third-order valence-corrected chi connectivity index (χ3v) is 6.53. The number of esters is 1.